The van der Waals surface area contributed by atoms with E-state index < -0.39 is 11.9 Å². The molecule has 0 saturated carbocycles. The molecule has 0 aliphatic rings. The Hall–Kier alpha value is -2.35. The second-order valence-corrected chi connectivity index (χ2v) is 2.52. The fourth-order valence-corrected chi connectivity index (χ4v) is 0. The third kappa shape index (κ3) is 41.4. The zero-order valence-corrected chi connectivity index (χ0v) is 9.36. The molecule has 0 atom stereocenters. The predicted molar refractivity (Wildman–Crippen MR) is 60.7 cm³/mol. The molecule has 5 heteroatoms. The summed E-state index contributed by atoms with van der Waals surface area (Å²) in [5, 5.41) is 23.3. The third-order valence-corrected chi connectivity index (χ3v) is 0.731. The Labute approximate surface area is 94.6 Å². The molecule has 0 radical (unpaired) electrons. The van der Waals surface area contributed by atoms with Gasteiger partial charge in [-0.05, 0) is 13.8 Å². The van der Waals surface area contributed by atoms with E-state index in [4.69, 9.17) is 15.5 Å². The SMILES string of the molecule is C=C(C)C#N.C=C(C)C(=O)O.C=CC(=O)O. The highest BCUT2D eigenvalue weighted by atomic mass is 16.4. The summed E-state index contributed by atoms with van der Waals surface area (Å²) < 4.78 is 0. The molecule has 0 fully saturated rings. The molecule has 0 aromatic heterocycles. The largest absolute Gasteiger partial charge is 0.478 e. The molecule has 0 aromatic rings. The van der Waals surface area contributed by atoms with Crippen LogP contribution in [0.25, 0.3) is 0 Å². The van der Waals surface area contributed by atoms with Gasteiger partial charge in [0.25, 0.3) is 0 Å². The molecule has 0 amide bonds. The van der Waals surface area contributed by atoms with E-state index >= 15 is 0 Å². The predicted octanol–water partition coefficient (Wildman–Crippen LogP) is 1.99. The van der Waals surface area contributed by atoms with E-state index in [9.17, 15) is 9.59 Å². The van der Waals surface area contributed by atoms with Crippen LogP contribution < -0.4 is 0 Å². The van der Waals surface area contributed by atoms with Gasteiger partial charge in [0, 0.05) is 17.2 Å². The van der Waals surface area contributed by atoms with Crippen LogP contribution in [0.3, 0.4) is 0 Å². The van der Waals surface area contributed by atoms with Gasteiger partial charge in [0.2, 0.25) is 0 Å². The monoisotopic (exact) mass is 225 g/mol. The molecule has 0 aliphatic heterocycles. The van der Waals surface area contributed by atoms with Gasteiger partial charge in [-0.3, -0.25) is 0 Å². The second kappa shape index (κ2) is 12.7. The minimum absolute atomic E-state index is 0.176. The average Bonchev–Trinajstić information content (AvgIpc) is 2.19. The summed E-state index contributed by atoms with van der Waals surface area (Å²) in [5.74, 6) is -1.92. The molecular formula is C11H15NO4. The first-order chi connectivity index (χ1) is 7.18. The quantitative estimate of drug-likeness (QED) is 0.553. The van der Waals surface area contributed by atoms with E-state index in [0.717, 1.165) is 6.08 Å². The lowest BCUT2D eigenvalue weighted by Crippen LogP contribution is -1.92. The summed E-state index contributed by atoms with van der Waals surface area (Å²) in [7, 11) is 0. The lowest BCUT2D eigenvalue weighted by Gasteiger charge is -1.79. The Morgan fingerprint density at radius 1 is 1.25 bits per heavy atom. The maximum absolute atomic E-state index is 9.60. The van der Waals surface area contributed by atoms with Gasteiger partial charge in [-0.1, -0.05) is 19.7 Å². The average molecular weight is 225 g/mol. The van der Waals surface area contributed by atoms with Crippen molar-refractivity contribution in [1.29, 1.82) is 5.26 Å². The third-order valence-electron chi connectivity index (χ3n) is 0.731. The molecule has 0 bridgehead atoms. The molecule has 0 rings (SSSR count). The first kappa shape index (κ1) is 19.3. The minimum Gasteiger partial charge on any atom is -0.478 e. The van der Waals surface area contributed by atoms with E-state index in [-0.39, 0.29) is 5.57 Å². The Balaban J connectivity index is -0.000000160. The van der Waals surface area contributed by atoms with Crippen molar-refractivity contribution in [2.24, 2.45) is 0 Å². The van der Waals surface area contributed by atoms with Gasteiger partial charge in [0.05, 0.1) is 6.07 Å². The molecule has 0 saturated heterocycles. The van der Waals surface area contributed by atoms with Gasteiger partial charge < -0.3 is 10.2 Å². The lowest BCUT2D eigenvalue weighted by atomic mass is 10.4. The molecule has 0 unspecified atom stereocenters. The van der Waals surface area contributed by atoms with Crippen LogP contribution in [0.1, 0.15) is 13.8 Å². The number of allylic oxidation sites excluding steroid dienone is 1. The zero-order chi connectivity index (χ0) is 13.7. The van der Waals surface area contributed by atoms with Gasteiger partial charge in [-0.2, -0.15) is 5.26 Å². The van der Waals surface area contributed by atoms with Gasteiger partial charge >= 0.3 is 11.9 Å². The Morgan fingerprint density at radius 2 is 1.44 bits per heavy atom. The van der Waals surface area contributed by atoms with Crippen molar-refractivity contribution >= 4 is 11.9 Å². The van der Waals surface area contributed by atoms with E-state index in [1.165, 1.54) is 6.92 Å². The lowest BCUT2D eigenvalue weighted by molar-refractivity contribution is -0.133. The van der Waals surface area contributed by atoms with Crippen LogP contribution in [0, 0.1) is 11.3 Å². The van der Waals surface area contributed by atoms with E-state index in [1.54, 1.807) is 6.92 Å². The van der Waals surface area contributed by atoms with Gasteiger partial charge in [-0.15, -0.1) is 0 Å². The zero-order valence-electron chi connectivity index (χ0n) is 9.36. The Bertz CT molecular complexity index is 311. The van der Waals surface area contributed by atoms with Crippen LogP contribution in [0.15, 0.2) is 37.0 Å². The smallest absolute Gasteiger partial charge is 0.330 e. The summed E-state index contributed by atoms with van der Waals surface area (Å²) in [6.45, 7) is 12.5. The second-order valence-electron chi connectivity index (χ2n) is 2.52. The number of carbonyl (C=O) groups is 2. The van der Waals surface area contributed by atoms with Crippen molar-refractivity contribution < 1.29 is 19.8 Å². The highest BCUT2D eigenvalue weighted by Crippen LogP contribution is 1.81. The van der Waals surface area contributed by atoms with Crippen molar-refractivity contribution in [2.45, 2.75) is 13.8 Å². The van der Waals surface area contributed by atoms with E-state index in [0.29, 0.717) is 5.57 Å². The number of rotatable bonds is 2. The number of hydrogen-bond donors (Lipinski definition) is 2. The van der Waals surface area contributed by atoms with Crippen LogP contribution in [0.2, 0.25) is 0 Å². The first-order valence-corrected chi connectivity index (χ1v) is 3.98. The first-order valence-electron chi connectivity index (χ1n) is 3.98. The summed E-state index contributed by atoms with van der Waals surface area (Å²) in [5.41, 5.74) is 0.736. The molecule has 0 spiro atoms. The van der Waals surface area contributed by atoms with Crippen molar-refractivity contribution in [1.82, 2.24) is 0 Å². The fourth-order valence-electron chi connectivity index (χ4n) is 0. The molecule has 0 aromatic carbocycles. The number of aliphatic carboxylic acids is 2. The highest BCUT2D eigenvalue weighted by Gasteiger charge is 1.90. The van der Waals surface area contributed by atoms with Gasteiger partial charge in [-0.25, -0.2) is 9.59 Å². The molecular weight excluding hydrogens is 210 g/mol. The Morgan fingerprint density at radius 3 is 1.44 bits per heavy atom. The minimum atomic E-state index is -0.981. The maximum atomic E-state index is 9.60. The number of carboxylic acids is 2. The molecule has 0 aliphatic carbocycles. The van der Waals surface area contributed by atoms with Crippen LogP contribution in [-0.4, -0.2) is 22.2 Å². The molecule has 2 N–H and O–H groups in total. The molecule has 88 valence electrons. The van der Waals surface area contributed by atoms with Crippen molar-refractivity contribution in [2.75, 3.05) is 0 Å². The number of nitriles is 1. The highest BCUT2D eigenvalue weighted by molar-refractivity contribution is 5.84. The summed E-state index contributed by atoms with van der Waals surface area (Å²) >= 11 is 0. The van der Waals surface area contributed by atoms with Gasteiger partial charge in [0.15, 0.2) is 0 Å². The molecule has 5 nitrogen and oxygen atoms in total. The van der Waals surface area contributed by atoms with Crippen LogP contribution in [-0.2, 0) is 9.59 Å². The van der Waals surface area contributed by atoms with Crippen LogP contribution >= 0.6 is 0 Å². The maximum Gasteiger partial charge on any atom is 0.330 e. The van der Waals surface area contributed by atoms with Crippen LogP contribution in [0.5, 0.6) is 0 Å². The van der Waals surface area contributed by atoms with Crippen molar-refractivity contribution in [3.8, 4) is 6.07 Å². The van der Waals surface area contributed by atoms with Crippen LogP contribution in [0.4, 0.5) is 0 Å². The van der Waals surface area contributed by atoms with Crippen molar-refractivity contribution in [3.05, 3.63) is 37.0 Å². The number of hydrogen-bond acceptors (Lipinski definition) is 3. The van der Waals surface area contributed by atoms with Gasteiger partial charge in [0.1, 0.15) is 0 Å². The summed E-state index contributed by atoms with van der Waals surface area (Å²) in [6, 6.07) is 1.83. The van der Waals surface area contributed by atoms with E-state index in [1.807, 2.05) is 6.07 Å². The normalized spacial score (nSPS) is 6.56. The topological polar surface area (TPSA) is 98.4 Å². The number of carboxylic acid groups (broad SMARTS) is 2. The van der Waals surface area contributed by atoms with Crippen molar-refractivity contribution in [3.63, 3.8) is 0 Å². The fraction of sp³-hybridized carbons (Fsp3) is 0.182. The molecule has 16 heavy (non-hydrogen) atoms. The standard InChI is InChI=1S/C4H5N.C4H6O2.C3H4O2/c1-4(2)3-5;1-3(2)4(5)6;1-2-3(4)5/h1H2,2H3;1H2,2H3,(H,5,6);2H,1H2,(H,4,5). The Kier molecular flexibility index (Phi) is 15.2. The van der Waals surface area contributed by atoms with E-state index in [2.05, 4.69) is 19.7 Å². The summed E-state index contributed by atoms with van der Waals surface area (Å²) in [4.78, 5) is 18.8. The summed E-state index contributed by atoms with van der Waals surface area (Å²) in [6.07, 6.45) is 0.833. The number of nitrogens with zero attached hydrogens (tertiary/aromatic N) is 1. The molecule has 0 heterocycles.